The van der Waals surface area contributed by atoms with E-state index < -0.39 is 0 Å². The molecule has 23 heavy (non-hydrogen) atoms. The minimum atomic E-state index is -0.00557. The Balaban J connectivity index is 1.48. The van der Waals surface area contributed by atoms with Crippen molar-refractivity contribution in [1.82, 2.24) is 10.3 Å². The average molecular weight is 391 g/mol. The van der Waals surface area contributed by atoms with Crippen molar-refractivity contribution in [3.05, 3.63) is 63.2 Å². The van der Waals surface area contributed by atoms with Crippen molar-refractivity contribution < 1.29 is 9.21 Å². The van der Waals surface area contributed by atoms with E-state index in [1.165, 1.54) is 0 Å². The SMILES string of the molecule is O=C(CCc1ncc(-c2ccccc2)o1)NCc1ccc(Br)s1. The van der Waals surface area contributed by atoms with Crippen LogP contribution < -0.4 is 5.32 Å². The molecule has 1 N–H and O–H groups in total. The fourth-order valence-electron chi connectivity index (χ4n) is 2.10. The Hall–Kier alpha value is -1.92. The van der Waals surface area contributed by atoms with Crippen LogP contribution in [-0.2, 0) is 17.8 Å². The lowest BCUT2D eigenvalue weighted by Gasteiger charge is -2.02. The Morgan fingerprint density at radius 2 is 2.04 bits per heavy atom. The number of benzene rings is 1. The summed E-state index contributed by atoms with van der Waals surface area (Å²) in [6, 6.07) is 13.8. The average Bonchev–Trinajstić information content (AvgIpc) is 3.21. The Morgan fingerprint density at radius 1 is 1.22 bits per heavy atom. The van der Waals surface area contributed by atoms with Crippen molar-refractivity contribution in [3.63, 3.8) is 0 Å². The van der Waals surface area contributed by atoms with Gasteiger partial charge in [0.15, 0.2) is 11.7 Å². The predicted octanol–water partition coefficient (Wildman–Crippen LogP) is 4.41. The van der Waals surface area contributed by atoms with Crippen molar-refractivity contribution in [2.45, 2.75) is 19.4 Å². The zero-order valence-electron chi connectivity index (χ0n) is 12.3. The summed E-state index contributed by atoms with van der Waals surface area (Å²) in [5, 5.41) is 2.90. The van der Waals surface area contributed by atoms with Crippen LogP contribution in [0.25, 0.3) is 11.3 Å². The van der Waals surface area contributed by atoms with Gasteiger partial charge in [-0.05, 0) is 28.1 Å². The van der Waals surface area contributed by atoms with Gasteiger partial charge in [0.1, 0.15) is 0 Å². The second-order valence-corrected chi connectivity index (χ2v) is 7.51. The largest absolute Gasteiger partial charge is 0.441 e. The third-order valence-corrected chi connectivity index (χ3v) is 4.89. The van der Waals surface area contributed by atoms with Gasteiger partial charge in [-0.15, -0.1) is 11.3 Å². The van der Waals surface area contributed by atoms with Crippen LogP contribution in [0.2, 0.25) is 0 Å². The van der Waals surface area contributed by atoms with Crippen LogP contribution in [0.3, 0.4) is 0 Å². The number of hydrogen-bond donors (Lipinski definition) is 1. The van der Waals surface area contributed by atoms with Gasteiger partial charge in [0.25, 0.3) is 0 Å². The summed E-state index contributed by atoms with van der Waals surface area (Å²) in [4.78, 5) is 17.2. The molecule has 0 aliphatic rings. The van der Waals surface area contributed by atoms with Crippen LogP contribution in [-0.4, -0.2) is 10.9 Å². The molecule has 118 valence electrons. The van der Waals surface area contributed by atoms with E-state index in [1.54, 1.807) is 17.5 Å². The van der Waals surface area contributed by atoms with Gasteiger partial charge in [-0.3, -0.25) is 4.79 Å². The minimum absolute atomic E-state index is 0.00557. The molecule has 0 saturated carbocycles. The molecule has 3 rings (SSSR count). The van der Waals surface area contributed by atoms with E-state index in [9.17, 15) is 4.79 Å². The Labute approximate surface area is 146 Å². The summed E-state index contributed by atoms with van der Waals surface area (Å²) in [7, 11) is 0. The topological polar surface area (TPSA) is 55.1 Å². The molecule has 6 heteroatoms. The molecule has 0 atom stereocenters. The number of aromatic nitrogens is 1. The predicted molar refractivity (Wildman–Crippen MR) is 94.1 cm³/mol. The zero-order chi connectivity index (χ0) is 16.1. The van der Waals surface area contributed by atoms with E-state index >= 15 is 0 Å². The van der Waals surface area contributed by atoms with E-state index in [-0.39, 0.29) is 5.91 Å². The fraction of sp³-hybridized carbons (Fsp3) is 0.176. The van der Waals surface area contributed by atoms with Gasteiger partial charge < -0.3 is 9.73 Å². The first-order chi connectivity index (χ1) is 11.2. The number of oxazole rings is 1. The number of carbonyl (C=O) groups is 1. The van der Waals surface area contributed by atoms with E-state index in [0.717, 1.165) is 20.0 Å². The molecule has 0 bridgehead atoms. The maximum atomic E-state index is 11.9. The third kappa shape index (κ3) is 4.53. The molecular formula is C17H15BrN2O2S. The van der Waals surface area contributed by atoms with Crippen LogP contribution in [0.4, 0.5) is 0 Å². The number of amides is 1. The fourth-order valence-corrected chi connectivity index (χ4v) is 3.53. The summed E-state index contributed by atoms with van der Waals surface area (Å²) >= 11 is 5.02. The van der Waals surface area contributed by atoms with E-state index in [4.69, 9.17) is 4.42 Å². The van der Waals surface area contributed by atoms with Crippen LogP contribution in [0.15, 0.2) is 56.9 Å². The third-order valence-electron chi connectivity index (χ3n) is 3.27. The van der Waals surface area contributed by atoms with E-state index in [0.29, 0.717) is 25.3 Å². The monoisotopic (exact) mass is 390 g/mol. The lowest BCUT2D eigenvalue weighted by molar-refractivity contribution is -0.121. The van der Waals surface area contributed by atoms with E-state index in [1.807, 2.05) is 42.5 Å². The molecule has 0 aliphatic heterocycles. The first-order valence-corrected chi connectivity index (χ1v) is 8.83. The van der Waals surface area contributed by atoms with Crippen LogP contribution in [0.5, 0.6) is 0 Å². The molecule has 0 radical (unpaired) electrons. The zero-order valence-corrected chi connectivity index (χ0v) is 14.7. The van der Waals surface area contributed by atoms with Crippen LogP contribution in [0.1, 0.15) is 17.2 Å². The Kier molecular flexibility index (Phi) is 5.25. The van der Waals surface area contributed by atoms with Gasteiger partial charge in [0.2, 0.25) is 5.91 Å². The summed E-state index contributed by atoms with van der Waals surface area (Å²) in [5.41, 5.74) is 0.985. The summed E-state index contributed by atoms with van der Waals surface area (Å²) in [5.74, 6) is 1.30. The number of halogens is 1. The molecular weight excluding hydrogens is 376 g/mol. The second-order valence-electron chi connectivity index (χ2n) is 4.97. The number of rotatable bonds is 6. The summed E-state index contributed by atoms with van der Waals surface area (Å²) in [6.07, 6.45) is 2.56. The van der Waals surface area contributed by atoms with Gasteiger partial charge in [0, 0.05) is 23.3 Å². The normalized spacial score (nSPS) is 10.7. The van der Waals surface area contributed by atoms with Gasteiger partial charge >= 0.3 is 0 Å². The molecule has 2 heterocycles. The number of nitrogens with zero attached hydrogens (tertiary/aromatic N) is 1. The van der Waals surface area contributed by atoms with Gasteiger partial charge in [-0.2, -0.15) is 0 Å². The van der Waals surface area contributed by atoms with E-state index in [2.05, 4.69) is 26.2 Å². The van der Waals surface area contributed by atoms with Crippen LogP contribution in [0, 0.1) is 0 Å². The number of thiophene rings is 1. The van der Waals surface area contributed by atoms with Crippen LogP contribution >= 0.6 is 27.3 Å². The lowest BCUT2D eigenvalue weighted by Crippen LogP contribution is -2.22. The first kappa shape index (κ1) is 16.0. The van der Waals surface area contributed by atoms with Gasteiger partial charge in [-0.25, -0.2) is 4.98 Å². The number of aryl methyl sites for hydroxylation is 1. The molecule has 1 aromatic carbocycles. The van der Waals surface area contributed by atoms with Crippen molar-refractivity contribution in [3.8, 4) is 11.3 Å². The molecule has 0 saturated heterocycles. The van der Waals surface area contributed by atoms with Gasteiger partial charge in [-0.1, -0.05) is 30.3 Å². The first-order valence-electron chi connectivity index (χ1n) is 7.22. The summed E-state index contributed by atoms with van der Waals surface area (Å²) < 4.78 is 6.76. The van der Waals surface area contributed by atoms with Crippen molar-refractivity contribution in [2.24, 2.45) is 0 Å². The quantitative estimate of drug-likeness (QED) is 0.677. The summed E-state index contributed by atoms with van der Waals surface area (Å²) in [6.45, 7) is 0.552. The minimum Gasteiger partial charge on any atom is -0.441 e. The van der Waals surface area contributed by atoms with Gasteiger partial charge in [0.05, 0.1) is 16.5 Å². The lowest BCUT2D eigenvalue weighted by atomic mass is 10.2. The molecule has 0 unspecified atom stereocenters. The second kappa shape index (κ2) is 7.57. The molecule has 2 aromatic heterocycles. The Bertz CT molecular complexity index is 783. The molecule has 4 nitrogen and oxygen atoms in total. The number of carbonyl (C=O) groups excluding carboxylic acids is 1. The maximum absolute atomic E-state index is 11.9. The highest BCUT2D eigenvalue weighted by molar-refractivity contribution is 9.11. The molecule has 0 spiro atoms. The highest BCUT2D eigenvalue weighted by Gasteiger charge is 2.09. The number of nitrogens with one attached hydrogen (secondary N) is 1. The van der Waals surface area contributed by atoms with Crippen molar-refractivity contribution in [1.29, 1.82) is 0 Å². The van der Waals surface area contributed by atoms with Crippen molar-refractivity contribution in [2.75, 3.05) is 0 Å². The highest BCUT2D eigenvalue weighted by Crippen LogP contribution is 2.22. The molecule has 0 aliphatic carbocycles. The molecule has 3 aromatic rings. The maximum Gasteiger partial charge on any atom is 0.220 e. The smallest absolute Gasteiger partial charge is 0.220 e. The Morgan fingerprint density at radius 3 is 2.78 bits per heavy atom. The molecule has 0 fully saturated rings. The number of hydrogen-bond acceptors (Lipinski definition) is 4. The molecule has 1 amide bonds. The van der Waals surface area contributed by atoms with Crippen molar-refractivity contribution >= 4 is 33.2 Å². The standard InChI is InChI=1S/C17H15BrN2O2S/c18-15-7-6-13(23-15)10-19-16(21)8-9-17-20-11-14(22-17)12-4-2-1-3-5-12/h1-7,11H,8-10H2,(H,19,21). The highest BCUT2D eigenvalue weighted by atomic mass is 79.9.